The van der Waals surface area contributed by atoms with Gasteiger partial charge in [-0.25, -0.2) is 0 Å². The Morgan fingerprint density at radius 1 is 1.17 bits per heavy atom. The van der Waals surface area contributed by atoms with Crippen LogP contribution in [-0.2, 0) is 4.79 Å². The fraction of sp³-hybridized carbons (Fsp3) is 0.462. The Labute approximate surface area is 107 Å². The van der Waals surface area contributed by atoms with Gasteiger partial charge in [-0.1, -0.05) is 0 Å². The molecular formula is C13H20N4O. The number of hydrogen-bond donors (Lipinski definition) is 3. The quantitative estimate of drug-likeness (QED) is 0.703. The van der Waals surface area contributed by atoms with Crippen LogP contribution >= 0.6 is 0 Å². The van der Waals surface area contributed by atoms with Gasteiger partial charge in [0.25, 0.3) is 0 Å². The average molecular weight is 248 g/mol. The summed E-state index contributed by atoms with van der Waals surface area (Å²) in [5, 5.41) is 3.08. The minimum Gasteiger partial charge on any atom is -0.397 e. The summed E-state index contributed by atoms with van der Waals surface area (Å²) in [5.41, 5.74) is 13.3. The van der Waals surface area contributed by atoms with Crippen LogP contribution in [0.15, 0.2) is 18.2 Å². The van der Waals surface area contributed by atoms with Gasteiger partial charge in [0, 0.05) is 18.8 Å². The predicted octanol–water partition coefficient (Wildman–Crippen LogP) is 1.28. The molecule has 1 saturated heterocycles. The molecule has 18 heavy (non-hydrogen) atoms. The smallest absolute Gasteiger partial charge is 0.241 e. The Hall–Kier alpha value is -1.91. The predicted molar refractivity (Wildman–Crippen MR) is 74.2 cm³/mol. The molecule has 0 atom stereocenters. The highest BCUT2D eigenvalue weighted by Crippen LogP contribution is 2.19. The van der Waals surface area contributed by atoms with E-state index in [1.165, 1.54) is 6.42 Å². The van der Waals surface area contributed by atoms with E-state index in [-0.39, 0.29) is 5.91 Å². The molecule has 0 aromatic heterocycles. The molecule has 98 valence electrons. The Morgan fingerprint density at radius 2 is 1.89 bits per heavy atom. The first kappa shape index (κ1) is 12.5. The Kier molecular flexibility index (Phi) is 3.92. The lowest BCUT2D eigenvalue weighted by Crippen LogP contribution is -2.39. The van der Waals surface area contributed by atoms with E-state index >= 15 is 0 Å². The second kappa shape index (κ2) is 5.62. The third kappa shape index (κ3) is 3.06. The van der Waals surface area contributed by atoms with Crippen LogP contribution in [0.3, 0.4) is 0 Å². The third-order valence-corrected chi connectivity index (χ3v) is 3.24. The highest BCUT2D eigenvalue weighted by atomic mass is 16.2. The molecule has 1 aromatic carbocycles. The Morgan fingerprint density at radius 3 is 2.56 bits per heavy atom. The average Bonchev–Trinajstić information content (AvgIpc) is 2.41. The maximum atomic E-state index is 11.9. The summed E-state index contributed by atoms with van der Waals surface area (Å²) in [6, 6.07) is 5.32. The van der Waals surface area contributed by atoms with Crippen LogP contribution in [-0.4, -0.2) is 30.4 Å². The molecule has 1 aliphatic heterocycles. The minimum atomic E-state index is 0.144. The van der Waals surface area contributed by atoms with E-state index in [1.54, 1.807) is 12.1 Å². The van der Waals surface area contributed by atoms with Crippen molar-refractivity contribution in [3.8, 4) is 0 Å². The number of anilines is 3. The molecule has 0 radical (unpaired) electrons. The van der Waals surface area contributed by atoms with Gasteiger partial charge in [0.1, 0.15) is 0 Å². The normalized spacial score (nSPS) is 15.4. The lowest BCUT2D eigenvalue weighted by molar-refractivity contribution is -0.130. The second-order valence-electron chi connectivity index (χ2n) is 4.64. The van der Waals surface area contributed by atoms with Gasteiger partial charge < -0.3 is 21.7 Å². The van der Waals surface area contributed by atoms with Crippen molar-refractivity contribution < 1.29 is 4.79 Å². The van der Waals surface area contributed by atoms with E-state index < -0.39 is 0 Å². The van der Waals surface area contributed by atoms with Gasteiger partial charge in [0.2, 0.25) is 5.91 Å². The number of benzene rings is 1. The summed E-state index contributed by atoms with van der Waals surface area (Å²) in [5.74, 6) is 0.144. The van der Waals surface area contributed by atoms with Gasteiger partial charge in [-0.05, 0) is 37.5 Å². The standard InChI is InChI=1S/C13H20N4O/c14-11-5-4-10(8-12(11)15)16-9-13(18)17-6-2-1-3-7-17/h4-5,8,16H,1-3,6-7,9,14-15H2. The molecule has 0 unspecified atom stereocenters. The SMILES string of the molecule is Nc1ccc(NCC(=O)N2CCCCC2)cc1N. The maximum absolute atomic E-state index is 11.9. The second-order valence-corrected chi connectivity index (χ2v) is 4.64. The highest BCUT2D eigenvalue weighted by molar-refractivity contribution is 5.81. The number of carbonyl (C=O) groups excluding carboxylic acids is 1. The largest absolute Gasteiger partial charge is 0.397 e. The van der Waals surface area contributed by atoms with Crippen molar-refractivity contribution in [3.63, 3.8) is 0 Å². The topological polar surface area (TPSA) is 84.4 Å². The van der Waals surface area contributed by atoms with Crippen LogP contribution < -0.4 is 16.8 Å². The molecule has 1 fully saturated rings. The Balaban J connectivity index is 1.86. The van der Waals surface area contributed by atoms with E-state index in [1.807, 2.05) is 11.0 Å². The van der Waals surface area contributed by atoms with Crippen LogP contribution in [0.5, 0.6) is 0 Å². The van der Waals surface area contributed by atoms with Gasteiger partial charge in [0.15, 0.2) is 0 Å². The Bertz CT molecular complexity index is 427. The number of nitrogens with zero attached hydrogens (tertiary/aromatic N) is 1. The van der Waals surface area contributed by atoms with Crippen LogP contribution in [0, 0.1) is 0 Å². The number of nitrogens with one attached hydrogen (secondary N) is 1. The molecule has 2 rings (SSSR count). The lowest BCUT2D eigenvalue weighted by Gasteiger charge is -2.26. The van der Waals surface area contributed by atoms with E-state index in [2.05, 4.69) is 5.32 Å². The fourth-order valence-corrected chi connectivity index (χ4v) is 2.12. The van der Waals surface area contributed by atoms with Crippen molar-refractivity contribution in [1.82, 2.24) is 4.90 Å². The van der Waals surface area contributed by atoms with Gasteiger partial charge >= 0.3 is 0 Å². The molecule has 0 aliphatic carbocycles. The number of rotatable bonds is 3. The van der Waals surface area contributed by atoms with Gasteiger partial charge in [-0.3, -0.25) is 4.79 Å². The van der Waals surface area contributed by atoms with Crippen LogP contribution in [0.4, 0.5) is 17.1 Å². The number of nitrogen functional groups attached to an aromatic ring is 2. The van der Waals surface area contributed by atoms with Gasteiger partial charge in [-0.15, -0.1) is 0 Å². The summed E-state index contributed by atoms with van der Waals surface area (Å²) < 4.78 is 0. The number of nitrogens with two attached hydrogens (primary N) is 2. The van der Waals surface area contributed by atoms with Crippen molar-refractivity contribution in [2.45, 2.75) is 19.3 Å². The third-order valence-electron chi connectivity index (χ3n) is 3.24. The van der Waals surface area contributed by atoms with E-state index in [4.69, 9.17) is 11.5 Å². The molecular weight excluding hydrogens is 228 g/mol. The molecule has 5 N–H and O–H groups in total. The zero-order chi connectivity index (χ0) is 13.0. The summed E-state index contributed by atoms with van der Waals surface area (Å²) in [7, 11) is 0. The van der Waals surface area contributed by atoms with E-state index in [0.717, 1.165) is 31.6 Å². The van der Waals surface area contributed by atoms with Crippen molar-refractivity contribution in [3.05, 3.63) is 18.2 Å². The van der Waals surface area contributed by atoms with Crippen LogP contribution in [0.25, 0.3) is 0 Å². The summed E-state index contributed by atoms with van der Waals surface area (Å²) in [6.45, 7) is 2.07. The van der Waals surface area contributed by atoms with Gasteiger partial charge in [0.05, 0.1) is 17.9 Å². The molecule has 1 aromatic rings. The molecule has 5 nitrogen and oxygen atoms in total. The monoisotopic (exact) mass is 248 g/mol. The molecule has 1 heterocycles. The molecule has 0 saturated carbocycles. The first-order chi connectivity index (χ1) is 8.66. The van der Waals surface area contributed by atoms with Crippen LogP contribution in [0.1, 0.15) is 19.3 Å². The van der Waals surface area contributed by atoms with Crippen molar-refractivity contribution in [1.29, 1.82) is 0 Å². The fourth-order valence-electron chi connectivity index (χ4n) is 2.12. The highest BCUT2D eigenvalue weighted by Gasteiger charge is 2.15. The van der Waals surface area contributed by atoms with E-state index in [0.29, 0.717) is 17.9 Å². The molecule has 0 spiro atoms. The molecule has 1 aliphatic rings. The summed E-state index contributed by atoms with van der Waals surface area (Å²) in [4.78, 5) is 13.8. The lowest BCUT2D eigenvalue weighted by atomic mass is 10.1. The zero-order valence-electron chi connectivity index (χ0n) is 10.5. The number of carbonyl (C=O) groups is 1. The number of hydrogen-bond acceptors (Lipinski definition) is 4. The minimum absolute atomic E-state index is 0.144. The molecule has 0 bridgehead atoms. The van der Waals surface area contributed by atoms with E-state index in [9.17, 15) is 4.79 Å². The number of piperidine rings is 1. The number of amides is 1. The summed E-state index contributed by atoms with van der Waals surface area (Å²) in [6.07, 6.45) is 3.45. The number of likely N-dealkylation sites (tertiary alicyclic amines) is 1. The summed E-state index contributed by atoms with van der Waals surface area (Å²) >= 11 is 0. The first-order valence-corrected chi connectivity index (χ1v) is 6.33. The van der Waals surface area contributed by atoms with Crippen molar-refractivity contribution >= 4 is 23.0 Å². The molecule has 1 amide bonds. The van der Waals surface area contributed by atoms with Gasteiger partial charge in [-0.2, -0.15) is 0 Å². The van der Waals surface area contributed by atoms with Crippen molar-refractivity contribution in [2.75, 3.05) is 36.4 Å². The van der Waals surface area contributed by atoms with Crippen molar-refractivity contribution in [2.24, 2.45) is 0 Å². The first-order valence-electron chi connectivity index (χ1n) is 6.33. The zero-order valence-corrected chi connectivity index (χ0v) is 10.5. The molecule has 5 heteroatoms. The van der Waals surface area contributed by atoms with Crippen LogP contribution in [0.2, 0.25) is 0 Å². The maximum Gasteiger partial charge on any atom is 0.241 e.